The van der Waals surface area contributed by atoms with E-state index in [4.69, 9.17) is 9.47 Å². The number of benzene rings is 2. The number of morpholine rings is 1. The molecule has 206 valence electrons. The summed E-state index contributed by atoms with van der Waals surface area (Å²) >= 11 is 0. The zero-order chi connectivity index (χ0) is 27.4. The third-order valence-corrected chi connectivity index (χ3v) is 7.97. The van der Waals surface area contributed by atoms with Crippen LogP contribution in [0.4, 0.5) is 18.9 Å². The molecule has 8 nitrogen and oxygen atoms in total. The van der Waals surface area contributed by atoms with Crippen LogP contribution in [-0.2, 0) is 47.6 Å². The molecule has 2 fully saturated rings. The Morgan fingerprint density at radius 3 is 2.67 bits per heavy atom. The highest BCUT2D eigenvalue weighted by Crippen LogP contribution is 2.41. The molecule has 39 heavy (non-hydrogen) atoms. The molecule has 3 aliphatic rings. The average molecular weight is 542 g/mol. The molecule has 11 heteroatoms. The van der Waals surface area contributed by atoms with Crippen molar-refractivity contribution in [3.8, 4) is 0 Å². The van der Waals surface area contributed by atoms with Crippen molar-refractivity contribution in [1.29, 1.82) is 0 Å². The molecule has 1 aromatic heterocycles. The molecular weight excluding hydrogens is 511 g/mol. The number of ether oxygens (including phenoxy) is 2. The Morgan fingerprint density at radius 2 is 2.00 bits per heavy atom. The molecule has 0 spiro atoms. The van der Waals surface area contributed by atoms with E-state index >= 15 is 0 Å². The van der Waals surface area contributed by atoms with E-state index in [1.54, 1.807) is 18.5 Å². The maximum atomic E-state index is 14.2. The molecule has 0 N–H and O–H groups in total. The van der Waals surface area contributed by atoms with E-state index in [2.05, 4.69) is 15.1 Å². The summed E-state index contributed by atoms with van der Waals surface area (Å²) in [5.74, 6) is 0.391. The zero-order valence-electron chi connectivity index (χ0n) is 21.9. The predicted octanol–water partition coefficient (Wildman–Crippen LogP) is 3.73. The molecule has 0 bridgehead atoms. The fraction of sp³-hybridized carbons (Fsp3) is 0.464. The minimum absolute atomic E-state index is 0.0118. The lowest BCUT2D eigenvalue weighted by Gasteiger charge is -2.42. The third-order valence-electron chi connectivity index (χ3n) is 7.97. The highest BCUT2D eigenvalue weighted by Gasteiger charge is 2.43. The maximum absolute atomic E-state index is 14.2. The smallest absolute Gasteiger partial charge is 0.379 e. The maximum Gasteiger partial charge on any atom is 0.416 e. The second-order valence-electron chi connectivity index (χ2n) is 10.8. The molecule has 3 aliphatic heterocycles. The number of hydrogen-bond donors (Lipinski definition) is 0. The van der Waals surface area contributed by atoms with Crippen molar-refractivity contribution >= 4 is 11.6 Å². The van der Waals surface area contributed by atoms with Gasteiger partial charge in [0.05, 0.1) is 38.0 Å². The number of rotatable bonds is 6. The lowest BCUT2D eigenvalue weighted by Crippen LogP contribution is -2.49. The molecular formula is C28H30F3N5O3. The number of halogens is 3. The van der Waals surface area contributed by atoms with E-state index in [1.807, 2.05) is 36.7 Å². The standard InChI is InChI=1S/C28H30F3N5O3/c1-18-12-35(6-7-39-18)13-19-8-22-23(24(9-19)28(29,30)31)14-36(26(22)37)21-5-3-4-20(10-21)27(15-38-16-27)11-25-33-32-17-34(25)2/h3-5,8-10,17-18H,6-7,11-16H2,1-2H3. The van der Waals surface area contributed by atoms with Gasteiger partial charge >= 0.3 is 6.18 Å². The van der Waals surface area contributed by atoms with Crippen LogP contribution in [0.3, 0.4) is 0 Å². The Hall–Kier alpha value is -3.28. The summed E-state index contributed by atoms with van der Waals surface area (Å²) in [6.07, 6.45) is -2.31. The second kappa shape index (κ2) is 9.72. The van der Waals surface area contributed by atoms with Crippen LogP contribution in [0.5, 0.6) is 0 Å². The van der Waals surface area contributed by atoms with E-state index in [9.17, 15) is 18.0 Å². The van der Waals surface area contributed by atoms with E-state index in [0.29, 0.717) is 57.1 Å². The molecule has 2 saturated heterocycles. The van der Waals surface area contributed by atoms with Crippen LogP contribution >= 0.6 is 0 Å². The zero-order valence-corrected chi connectivity index (χ0v) is 21.9. The van der Waals surface area contributed by atoms with Crippen molar-refractivity contribution < 1.29 is 27.4 Å². The molecule has 0 aliphatic carbocycles. The number of nitrogens with zero attached hydrogens (tertiary/aromatic N) is 5. The van der Waals surface area contributed by atoms with Crippen LogP contribution in [0.15, 0.2) is 42.7 Å². The van der Waals surface area contributed by atoms with Gasteiger partial charge in [-0.05, 0) is 47.9 Å². The average Bonchev–Trinajstić information content (AvgIpc) is 3.43. The fourth-order valence-electron chi connectivity index (χ4n) is 5.81. The van der Waals surface area contributed by atoms with Gasteiger partial charge in [0.15, 0.2) is 0 Å². The normalized spacial score (nSPS) is 21.2. The highest BCUT2D eigenvalue weighted by molar-refractivity contribution is 6.10. The molecule has 2 aromatic carbocycles. The fourth-order valence-corrected chi connectivity index (χ4v) is 5.81. The summed E-state index contributed by atoms with van der Waals surface area (Å²) in [7, 11) is 1.88. The number of aromatic nitrogens is 3. The molecule has 0 radical (unpaired) electrons. The summed E-state index contributed by atoms with van der Waals surface area (Å²) in [4.78, 5) is 17.1. The van der Waals surface area contributed by atoms with Crippen LogP contribution < -0.4 is 4.90 Å². The first-order valence-corrected chi connectivity index (χ1v) is 13.0. The van der Waals surface area contributed by atoms with E-state index in [-0.39, 0.29) is 29.2 Å². The Labute approximate surface area is 224 Å². The van der Waals surface area contributed by atoms with Crippen molar-refractivity contribution in [3.63, 3.8) is 0 Å². The minimum Gasteiger partial charge on any atom is -0.379 e. The SMILES string of the molecule is CC1CN(Cc2cc3c(c(C(F)(F)F)c2)CN(c2cccc(C4(Cc5nncn5C)COC4)c2)C3=O)CCO1. The number of alkyl halides is 3. The Morgan fingerprint density at radius 1 is 1.18 bits per heavy atom. The number of aryl methyl sites for hydroxylation is 1. The van der Waals surface area contributed by atoms with E-state index < -0.39 is 17.6 Å². The summed E-state index contributed by atoms with van der Waals surface area (Å²) < 4.78 is 55.6. The number of fused-ring (bicyclic) bond motifs is 1. The molecule has 1 unspecified atom stereocenters. The molecule has 4 heterocycles. The first-order valence-electron chi connectivity index (χ1n) is 13.0. The highest BCUT2D eigenvalue weighted by atomic mass is 19.4. The third kappa shape index (κ3) is 4.83. The second-order valence-corrected chi connectivity index (χ2v) is 10.8. The topological polar surface area (TPSA) is 72.7 Å². The van der Waals surface area contributed by atoms with Crippen molar-refractivity contribution in [2.75, 3.05) is 37.8 Å². The summed E-state index contributed by atoms with van der Waals surface area (Å²) in [5.41, 5.74) is 1.06. The van der Waals surface area contributed by atoms with Gasteiger partial charge in [0.1, 0.15) is 12.2 Å². The molecule has 0 saturated carbocycles. The number of hydrogen-bond acceptors (Lipinski definition) is 6. The molecule has 3 aromatic rings. The number of carbonyl (C=O) groups is 1. The first kappa shape index (κ1) is 26.0. The van der Waals surface area contributed by atoms with Gasteiger partial charge in [-0.1, -0.05) is 12.1 Å². The Bertz CT molecular complexity index is 1400. The minimum atomic E-state index is -4.57. The van der Waals surface area contributed by atoms with Crippen molar-refractivity contribution in [2.24, 2.45) is 7.05 Å². The lowest BCUT2D eigenvalue weighted by atomic mass is 9.75. The summed E-state index contributed by atoms with van der Waals surface area (Å²) in [6, 6.07) is 10.3. The van der Waals surface area contributed by atoms with Crippen molar-refractivity contribution in [2.45, 2.75) is 44.1 Å². The van der Waals surface area contributed by atoms with E-state index in [1.165, 1.54) is 11.0 Å². The number of carbonyl (C=O) groups excluding carboxylic acids is 1. The summed E-state index contributed by atoms with van der Waals surface area (Å²) in [5, 5.41) is 8.18. The van der Waals surface area contributed by atoms with Gasteiger partial charge in [-0.2, -0.15) is 13.2 Å². The van der Waals surface area contributed by atoms with Crippen molar-refractivity contribution in [3.05, 3.63) is 76.4 Å². The molecule has 6 rings (SSSR count). The van der Waals surface area contributed by atoms with E-state index in [0.717, 1.165) is 11.4 Å². The number of amides is 1. The Balaban J connectivity index is 1.31. The van der Waals surface area contributed by atoms with Crippen molar-refractivity contribution in [1.82, 2.24) is 19.7 Å². The van der Waals surface area contributed by atoms with Crippen LogP contribution in [-0.4, -0.2) is 64.6 Å². The van der Waals surface area contributed by atoms with Crippen LogP contribution in [0.2, 0.25) is 0 Å². The monoisotopic (exact) mass is 541 g/mol. The van der Waals surface area contributed by atoms with Gasteiger partial charge in [0, 0.05) is 49.8 Å². The van der Waals surface area contributed by atoms with Gasteiger partial charge in [-0.3, -0.25) is 9.69 Å². The van der Waals surface area contributed by atoms with Gasteiger partial charge in [-0.15, -0.1) is 10.2 Å². The van der Waals surface area contributed by atoms with Crippen LogP contribution in [0, 0.1) is 0 Å². The Kier molecular flexibility index (Phi) is 6.47. The number of anilines is 1. The molecule has 1 atom stereocenters. The quantitative estimate of drug-likeness (QED) is 0.474. The first-order chi connectivity index (χ1) is 18.6. The summed E-state index contributed by atoms with van der Waals surface area (Å²) in [6.45, 7) is 4.91. The van der Waals surface area contributed by atoms with Gasteiger partial charge in [0.2, 0.25) is 0 Å². The largest absolute Gasteiger partial charge is 0.416 e. The van der Waals surface area contributed by atoms with Gasteiger partial charge in [-0.25, -0.2) is 0 Å². The van der Waals surface area contributed by atoms with Crippen LogP contribution in [0.1, 0.15) is 45.4 Å². The lowest BCUT2D eigenvalue weighted by molar-refractivity contribution is -0.138. The predicted molar refractivity (Wildman–Crippen MR) is 136 cm³/mol. The van der Waals surface area contributed by atoms with Crippen LogP contribution in [0.25, 0.3) is 0 Å². The molecule has 1 amide bonds. The van der Waals surface area contributed by atoms with Gasteiger partial charge < -0.3 is 18.9 Å². The van der Waals surface area contributed by atoms with Gasteiger partial charge in [0.25, 0.3) is 5.91 Å².